The summed E-state index contributed by atoms with van der Waals surface area (Å²) in [6.45, 7) is -1.57. The van der Waals surface area contributed by atoms with Gasteiger partial charge in [0.2, 0.25) is 0 Å². The number of benzene rings is 1. The summed E-state index contributed by atoms with van der Waals surface area (Å²) < 4.78 is 58.3. The molecular weight excluding hydrogens is 366 g/mol. The summed E-state index contributed by atoms with van der Waals surface area (Å²) in [5, 5.41) is 0.810. The normalized spacial score (nSPS) is 12.3. The Morgan fingerprint density at radius 2 is 1.80 bits per heavy atom. The summed E-state index contributed by atoms with van der Waals surface area (Å²) in [5.74, 6) is -1.16. The molecule has 0 heterocycles. The summed E-state index contributed by atoms with van der Waals surface area (Å²) in [6, 6.07) is 1.67. The Hall–Kier alpha value is -0.700. The van der Waals surface area contributed by atoms with E-state index in [1.807, 2.05) is 0 Å². The van der Waals surface area contributed by atoms with E-state index in [9.17, 15) is 26.4 Å². The maximum Gasteiger partial charge on any atom is 0.405 e. The molecule has 0 aromatic heterocycles. The highest BCUT2D eigenvalue weighted by molar-refractivity contribution is 8.13. The first-order valence-electron chi connectivity index (χ1n) is 4.70. The van der Waals surface area contributed by atoms with Gasteiger partial charge < -0.3 is 5.32 Å². The van der Waals surface area contributed by atoms with Gasteiger partial charge in [0.25, 0.3) is 15.0 Å². The van der Waals surface area contributed by atoms with E-state index in [-0.39, 0.29) is 5.02 Å². The highest BCUT2D eigenvalue weighted by atomic mass is 35.7. The Kier molecular flexibility index (Phi) is 5.18. The van der Waals surface area contributed by atoms with Gasteiger partial charge in [0.15, 0.2) is 0 Å². The summed E-state index contributed by atoms with van der Waals surface area (Å²) in [6.07, 6.45) is -4.60. The van der Waals surface area contributed by atoms with Crippen LogP contribution in [0.3, 0.4) is 0 Å². The molecule has 0 atom stereocenters. The summed E-state index contributed by atoms with van der Waals surface area (Å²) in [7, 11) is 0.778. The van der Waals surface area contributed by atoms with Crippen molar-refractivity contribution in [2.75, 3.05) is 6.54 Å². The van der Waals surface area contributed by atoms with Gasteiger partial charge in [0.1, 0.15) is 11.4 Å². The van der Waals surface area contributed by atoms with Crippen molar-refractivity contribution in [3.63, 3.8) is 0 Å². The summed E-state index contributed by atoms with van der Waals surface area (Å²) >= 11 is 11.2. The third-order valence-corrected chi connectivity index (χ3v) is 4.23. The molecule has 0 spiro atoms. The van der Waals surface area contributed by atoms with Crippen molar-refractivity contribution >= 4 is 48.8 Å². The molecule has 1 rings (SSSR count). The molecule has 20 heavy (non-hydrogen) atoms. The number of rotatable bonds is 3. The van der Waals surface area contributed by atoms with Gasteiger partial charge in [-0.05, 0) is 12.1 Å². The van der Waals surface area contributed by atoms with Gasteiger partial charge in [-0.2, -0.15) is 13.2 Å². The number of hydrogen-bond acceptors (Lipinski definition) is 3. The highest BCUT2D eigenvalue weighted by Gasteiger charge is 2.28. The molecule has 0 unspecified atom stereocenters. The van der Waals surface area contributed by atoms with Crippen molar-refractivity contribution < 1.29 is 26.4 Å². The number of carbonyl (C=O) groups excluding carboxylic acids is 1. The fourth-order valence-electron chi connectivity index (χ4n) is 1.15. The lowest BCUT2D eigenvalue weighted by Gasteiger charge is -2.10. The molecule has 1 aromatic carbocycles. The highest BCUT2D eigenvalue weighted by Crippen LogP contribution is 2.32. The van der Waals surface area contributed by atoms with Gasteiger partial charge in [0, 0.05) is 16.2 Å². The van der Waals surface area contributed by atoms with Crippen LogP contribution in [0.25, 0.3) is 0 Å². The van der Waals surface area contributed by atoms with Crippen molar-refractivity contribution in [2.24, 2.45) is 0 Å². The zero-order valence-electron chi connectivity index (χ0n) is 9.26. The monoisotopic (exact) mass is 369 g/mol. The van der Waals surface area contributed by atoms with Gasteiger partial charge in [0.05, 0.1) is 10.0 Å². The summed E-state index contributed by atoms with van der Waals surface area (Å²) in [4.78, 5) is 10.8. The molecule has 0 aliphatic heterocycles. The van der Waals surface area contributed by atoms with Crippen molar-refractivity contribution in [3.8, 4) is 0 Å². The first-order valence-corrected chi connectivity index (χ1v) is 7.77. The third kappa shape index (κ3) is 4.69. The molecule has 0 fully saturated rings. The molecule has 0 aliphatic rings. The second-order valence-electron chi connectivity index (χ2n) is 3.51. The molecule has 1 N–H and O–H groups in total. The Morgan fingerprint density at radius 1 is 1.25 bits per heavy atom. The van der Waals surface area contributed by atoms with E-state index < -0.39 is 43.2 Å². The number of nitrogens with one attached hydrogen (secondary N) is 1. The Morgan fingerprint density at radius 3 is 2.25 bits per heavy atom. The van der Waals surface area contributed by atoms with E-state index in [2.05, 4.69) is 0 Å². The largest absolute Gasteiger partial charge is 0.405 e. The van der Waals surface area contributed by atoms with E-state index >= 15 is 0 Å². The van der Waals surface area contributed by atoms with Crippen LogP contribution < -0.4 is 5.32 Å². The van der Waals surface area contributed by atoms with Crippen LogP contribution in [0.15, 0.2) is 17.0 Å². The number of halogens is 6. The van der Waals surface area contributed by atoms with Crippen LogP contribution in [-0.2, 0) is 9.05 Å². The molecule has 1 amide bonds. The van der Waals surface area contributed by atoms with Gasteiger partial charge in [-0.3, -0.25) is 4.79 Å². The van der Waals surface area contributed by atoms with E-state index in [1.165, 1.54) is 0 Å². The van der Waals surface area contributed by atoms with Crippen LogP contribution in [-0.4, -0.2) is 27.0 Å². The van der Waals surface area contributed by atoms with Crippen LogP contribution >= 0.6 is 33.9 Å². The average molecular weight is 371 g/mol. The molecular formula is C9H5Cl3F3NO3S. The molecule has 0 bridgehead atoms. The fraction of sp³-hybridized carbons (Fsp3) is 0.222. The molecule has 4 nitrogen and oxygen atoms in total. The standard InChI is InChI=1S/C9H5Cl3F3NO3S/c10-5-1-4(8(17)16-3-9(13,14)15)2-6(7(5)11)20(12,18)19/h1-2H,3H2,(H,16,17). The lowest BCUT2D eigenvalue weighted by molar-refractivity contribution is -0.123. The predicted molar refractivity (Wildman–Crippen MR) is 67.9 cm³/mol. The van der Waals surface area contributed by atoms with Crippen LogP contribution in [0, 0.1) is 0 Å². The molecule has 112 valence electrons. The lowest BCUT2D eigenvalue weighted by Crippen LogP contribution is -2.33. The Balaban J connectivity index is 3.15. The van der Waals surface area contributed by atoms with Gasteiger partial charge in [-0.1, -0.05) is 23.2 Å². The Labute approximate surface area is 126 Å². The molecule has 11 heteroatoms. The molecule has 1 aromatic rings. The third-order valence-electron chi connectivity index (χ3n) is 1.97. The zero-order chi connectivity index (χ0) is 15.7. The van der Waals surface area contributed by atoms with Crippen LogP contribution in [0.2, 0.25) is 10.0 Å². The van der Waals surface area contributed by atoms with E-state index in [4.69, 9.17) is 33.9 Å². The topological polar surface area (TPSA) is 63.2 Å². The zero-order valence-corrected chi connectivity index (χ0v) is 12.3. The average Bonchev–Trinajstić information content (AvgIpc) is 2.26. The number of carbonyl (C=O) groups is 1. The van der Waals surface area contributed by atoms with E-state index in [0.29, 0.717) is 0 Å². The number of hydrogen-bond donors (Lipinski definition) is 1. The van der Waals surface area contributed by atoms with Gasteiger partial charge >= 0.3 is 6.18 Å². The van der Waals surface area contributed by atoms with E-state index in [0.717, 1.165) is 12.1 Å². The second-order valence-corrected chi connectivity index (χ2v) is 6.83. The van der Waals surface area contributed by atoms with Crippen molar-refractivity contribution in [1.82, 2.24) is 5.32 Å². The lowest BCUT2D eigenvalue weighted by atomic mass is 10.2. The minimum Gasteiger partial charge on any atom is -0.343 e. The van der Waals surface area contributed by atoms with Crippen molar-refractivity contribution in [2.45, 2.75) is 11.1 Å². The Bertz CT molecular complexity index is 646. The van der Waals surface area contributed by atoms with Crippen molar-refractivity contribution in [3.05, 3.63) is 27.7 Å². The van der Waals surface area contributed by atoms with Crippen LogP contribution in [0.1, 0.15) is 10.4 Å². The summed E-state index contributed by atoms with van der Waals surface area (Å²) in [5.41, 5.74) is -0.414. The molecule has 0 radical (unpaired) electrons. The minimum absolute atomic E-state index is 0.328. The first kappa shape index (κ1) is 17.4. The predicted octanol–water partition coefficient (Wildman–Crippen LogP) is 3.21. The fourth-order valence-corrected chi connectivity index (χ4v) is 2.92. The number of alkyl halides is 3. The number of amides is 1. The van der Waals surface area contributed by atoms with Gasteiger partial charge in [-0.15, -0.1) is 0 Å². The quantitative estimate of drug-likeness (QED) is 0.831. The maximum absolute atomic E-state index is 12.0. The molecule has 0 aliphatic carbocycles. The molecule has 0 saturated heterocycles. The SMILES string of the molecule is O=C(NCC(F)(F)F)c1cc(Cl)c(Cl)c(S(=O)(=O)Cl)c1. The van der Waals surface area contributed by atoms with Crippen LogP contribution in [0.5, 0.6) is 0 Å². The molecule has 0 saturated carbocycles. The maximum atomic E-state index is 12.0. The van der Waals surface area contributed by atoms with Crippen LogP contribution in [0.4, 0.5) is 13.2 Å². The van der Waals surface area contributed by atoms with Crippen molar-refractivity contribution in [1.29, 1.82) is 0 Å². The van der Waals surface area contributed by atoms with Gasteiger partial charge in [-0.25, -0.2) is 8.42 Å². The first-order chi connectivity index (χ1) is 8.92. The van der Waals surface area contributed by atoms with E-state index in [1.54, 1.807) is 5.32 Å². The smallest absolute Gasteiger partial charge is 0.343 e. The minimum atomic E-state index is -4.60. The second kappa shape index (κ2) is 5.97.